The van der Waals surface area contributed by atoms with Gasteiger partial charge >= 0.3 is 0 Å². The van der Waals surface area contributed by atoms with Crippen LogP contribution < -0.4 is 0 Å². The van der Waals surface area contributed by atoms with Crippen molar-refractivity contribution < 1.29 is 18.8 Å². The van der Waals surface area contributed by atoms with Crippen LogP contribution in [0.4, 0.5) is 4.39 Å². The molecule has 28 heavy (non-hydrogen) atoms. The Morgan fingerprint density at radius 3 is 2.61 bits per heavy atom. The van der Waals surface area contributed by atoms with E-state index in [0.29, 0.717) is 15.6 Å². The number of nitrogens with zero attached hydrogens (tertiary/aromatic N) is 2. The summed E-state index contributed by atoms with van der Waals surface area (Å²) in [4.78, 5) is 40.2. The highest BCUT2D eigenvalue weighted by molar-refractivity contribution is 9.10. The Balaban J connectivity index is 1.79. The highest BCUT2D eigenvalue weighted by atomic mass is 79.9. The third-order valence-electron chi connectivity index (χ3n) is 4.49. The van der Waals surface area contributed by atoms with Crippen molar-refractivity contribution in [2.75, 3.05) is 13.1 Å². The van der Waals surface area contributed by atoms with Crippen LogP contribution in [-0.4, -0.2) is 40.6 Å². The number of hydrogen-bond donors (Lipinski definition) is 0. The number of fused-ring (bicyclic) bond motifs is 1. The van der Waals surface area contributed by atoms with Gasteiger partial charge in [0, 0.05) is 23.1 Å². The molecular formula is C21H18BrFN2O3. The molecule has 1 aliphatic heterocycles. The second kappa shape index (κ2) is 8.06. The fourth-order valence-corrected chi connectivity index (χ4v) is 3.47. The number of amides is 3. The van der Waals surface area contributed by atoms with Gasteiger partial charge in [-0.05, 0) is 37.3 Å². The molecule has 7 heteroatoms. The largest absolute Gasteiger partial charge is 0.333 e. The Morgan fingerprint density at radius 1 is 1.18 bits per heavy atom. The predicted molar refractivity (Wildman–Crippen MR) is 106 cm³/mol. The molecular weight excluding hydrogens is 427 g/mol. The van der Waals surface area contributed by atoms with Gasteiger partial charge in [0.05, 0.1) is 11.1 Å². The zero-order chi connectivity index (χ0) is 20.4. The Morgan fingerprint density at radius 2 is 1.89 bits per heavy atom. The van der Waals surface area contributed by atoms with E-state index in [9.17, 15) is 18.8 Å². The van der Waals surface area contributed by atoms with Gasteiger partial charge in [0.2, 0.25) is 5.91 Å². The van der Waals surface area contributed by atoms with Gasteiger partial charge in [0.25, 0.3) is 11.8 Å². The van der Waals surface area contributed by atoms with Crippen LogP contribution in [0, 0.1) is 12.7 Å². The summed E-state index contributed by atoms with van der Waals surface area (Å²) in [6.07, 6.45) is 1.51. The molecule has 1 heterocycles. The summed E-state index contributed by atoms with van der Waals surface area (Å²) in [5.74, 6) is -1.91. The monoisotopic (exact) mass is 444 g/mol. The van der Waals surface area contributed by atoms with Crippen LogP contribution in [0.3, 0.4) is 0 Å². The van der Waals surface area contributed by atoms with Crippen molar-refractivity contribution in [3.8, 4) is 0 Å². The van der Waals surface area contributed by atoms with Crippen LogP contribution in [0.15, 0.2) is 53.5 Å². The van der Waals surface area contributed by atoms with Crippen LogP contribution in [0.5, 0.6) is 0 Å². The Labute approximate surface area is 170 Å². The summed E-state index contributed by atoms with van der Waals surface area (Å²) in [7, 11) is 0. The molecule has 144 valence electrons. The molecule has 0 aliphatic carbocycles. The quantitative estimate of drug-likeness (QED) is 0.503. The topological polar surface area (TPSA) is 57.7 Å². The molecule has 0 spiro atoms. The predicted octanol–water partition coefficient (Wildman–Crippen LogP) is 3.71. The molecule has 0 saturated carbocycles. The van der Waals surface area contributed by atoms with Crippen molar-refractivity contribution in [1.29, 1.82) is 0 Å². The van der Waals surface area contributed by atoms with Crippen LogP contribution in [-0.2, 0) is 11.3 Å². The molecule has 5 nitrogen and oxygen atoms in total. The van der Waals surface area contributed by atoms with E-state index in [0.717, 1.165) is 10.5 Å². The molecule has 0 radical (unpaired) electrons. The van der Waals surface area contributed by atoms with E-state index < -0.39 is 30.1 Å². The van der Waals surface area contributed by atoms with E-state index in [-0.39, 0.29) is 18.7 Å². The normalized spacial score (nSPS) is 12.9. The maximum atomic E-state index is 14.1. The molecule has 0 aromatic heterocycles. The molecule has 0 unspecified atom stereocenters. The fourth-order valence-electron chi connectivity index (χ4n) is 3.06. The first kappa shape index (κ1) is 19.9. The lowest BCUT2D eigenvalue weighted by Gasteiger charge is -2.24. The second-order valence-electron chi connectivity index (χ2n) is 6.54. The van der Waals surface area contributed by atoms with Crippen LogP contribution in [0.2, 0.25) is 0 Å². The molecule has 0 N–H and O–H groups in total. The minimum absolute atomic E-state index is 0.00158. The summed E-state index contributed by atoms with van der Waals surface area (Å²) in [6.45, 7) is 5.20. The molecule has 3 amide bonds. The Bertz CT molecular complexity index is 990. The lowest BCUT2D eigenvalue weighted by molar-refractivity contribution is -0.131. The van der Waals surface area contributed by atoms with Crippen LogP contribution in [0.1, 0.15) is 31.8 Å². The van der Waals surface area contributed by atoms with E-state index in [2.05, 4.69) is 22.5 Å². The van der Waals surface area contributed by atoms with Gasteiger partial charge < -0.3 is 4.90 Å². The number of carbonyl (C=O) groups excluding carboxylic acids is 3. The van der Waals surface area contributed by atoms with Crippen molar-refractivity contribution in [2.24, 2.45) is 0 Å². The average Bonchev–Trinajstić information content (AvgIpc) is 2.88. The maximum absolute atomic E-state index is 14.1. The number of benzene rings is 2. The van der Waals surface area contributed by atoms with Gasteiger partial charge in [-0.15, -0.1) is 6.58 Å². The van der Waals surface area contributed by atoms with E-state index in [1.807, 2.05) is 6.92 Å². The van der Waals surface area contributed by atoms with E-state index in [1.165, 1.54) is 17.0 Å². The first-order valence-corrected chi connectivity index (χ1v) is 9.40. The zero-order valence-corrected chi connectivity index (χ0v) is 16.8. The number of aryl methyl sites for hydroxylation is 1. The smallest absolute Gasteiger partial charge is 0.262 e. The van der Waals surface area contributed by atoms with Crippen molar-refractivity contribution in [1.82, 2.24) is 9.80 Å². The molecule has 0 fully saturated rings. The molecule has 3 rings (SSSR count). The van der Waals surface area contributed by atoms with E-state index in [4.69, 9.17) is 0 Å². The van der Waals surface area contributed by atoms with Gasteiger partial charge in [0.15, 0.2) is 0 Å². The van der Waals surface area contributed by atoms with Crippen LogP contribution >= 0.6 is 15.9 Å². The maximum Gasteiger partial charge on any atom is 0.262 e. The number of imide groups is 1. The highest BCUT2D eigenvalue weighted by Gasteiger charge is 2.37. The van der Waals surface area contributed by atoms with Crippen LogP contribution in [0.25, 0.3) is 0 Å². The third kappa shape index (κ3) is 3.89. The first-order valence-electron chi connectivity index (χ1n) is 8.61. The van der Waals surface area contributed by atoms with Gasteiger partial charge in [-0.3, -0.25) is 19.3 Å². The van der Waals surface area contributed by atoms with Crippen molar-refractivity contribution >= 4 is 33.7 Å². The first-order chi connectivity index (χ1) is 13.3. The Hall–Kier alpha value is -2.80. The minimum atomic E-state index is -0.500. The lowest BCUT2D eigenvalue weighted by Crippen LogP contribution is -2.42. The van der Waals surface area contributed by atoms with Gasteiger partial charge in [-0.2, -0.15) is 0 Å². The standard InChI is InChI=1S/C21H18BrFN2O3/c1-3-8-24(11-14-10-15(22)5-7-18(14)23)19(26)12-25-20(27)16-6-4-13(2)9-17(16)21(25)28/h3-7,9-10H,1,8,11-12H2,2H3. The second-order valence-corrected chi connectivity index (χ2v) is 7.46. The van der Waals surface area contributed by atoms with Crippen molar-refractivity contribution in [2.45, 2.75) is 13.5 Å². The third-order valence-corrected chi connectivity index (χ3v) is 4.98. The number of rotatable bonds is 6. The molecule has 1 aliphatic rings. The number of carbonyl (C=O) groups is 3. The highest BCUT2D eigenvalue weighted by Crippen LogP contribution is 2.24. The number of hydrogen-bond acceptors (Lipinski definition) is 3. The average molecular weight is 445 g/mol. The molecule has 2 aromatic carbocycles. The Kier molecular flexibility index (Phi) is 5.74. The van der Waals surface area contributed by atoms with Gasteiger partial charge in [0.1, 0.15) is 12.4 Å². The molecule has 0 saturated heterocycles. The summed E-state index contributed by atoms with van der Waals surface area (Å²) in [5.41, 5.74) is 1.76. The van der Waals surface area contributed by atoms with Crippen molar-refractivity contribution in [3.05, 3.63) is 81.6 Å². The zero-order valence-electron chi connectivity index (χ0n) is 15.2. The van der Waals surface area contributed by atoms with E-state index in [1.54, 1.807) is 30.3 Å². The summed E-state index contributed by atoms with van der Waals surface area (Å²) in [6, 6.07) is 9.44. The molecule has 2 aromatic rings. The summed E-state index contributed by atoms with van der Waals surface area (Å²) < 4.78 is 14.8. The fraction of sp³-hybridized carbons (Fsp3) is 0.190. The van der Waals surface area contributed by atoms with Gasteiger partial charge in [-0.25, -0.2) is 4.39 Å². The molecule has 0 bridgehead atoms. The summed E-state index contributed by atoms with van der Waals surface area (Å²) >= 11 is 3.28. The van der Waals surface area contributed by atoms with Gasteiger partial charge in [-0.1, -0.05) is 33.6 Å². The lowest BCUT2D eigenvalue weighted by atomic mass is 10.1. The minimum Gasteiger partial charge on any atom is -0.333 e. The SMILES string of the molecule is C=CCN(Cc1cc(Br)ccc1F)C(=O)CN1C(=O)c2ccc(C)cc2C1=O. The van der Waals surface area contributed by atoms with E-state index >= 15 is 0 Å². The number of halogens is 2. The van der Waals surface area contributed by atoms with Crippen molar-refractivity contribution in [3.63, 3.8) is 0 Å². The summed E-state index contributed by atoms with van der Waals surface area (Å²) in [5, 5.41) is 0. The molecule has 0 atom stereocenters.